The largest absolute Gasteiger partial charge is 0.451 e. The van der Waals surface area contributed by atoms with Gasteiger partial charge in [-0.3, -0.25) is 9.59 Å². The Morgan fingerprint density at radius 3 is 2.59 bits per heavy atom. The van der Waals surface area contributed by atoms with E-state index in [4.69, 9.17) is 14.9 Å². The lowest BCUT2D eigenvalue weighted by molar-refractivity contribution is -0.123. The lowest BCUT2D eigenvalue weighted by Gasteiger charge is -2.13. The molecule has 0 radical (unpaired) electrons. The van der Waals surface area contributed by atoms with Crippen LogP contribution in [0.3, 0.4) is 0 Å². The van der Waals surface area contributed by atoms with Crippen molar-refractivity contribution >= 4 is 40.1 Å². The van der Waals surface area contributed by atoms with Crippen LogP contribution in [-0.4, -0.2) is 33.7 Å². The number of nitrogens with one attached hydrogen (secondary N) is 1. The molecular formula is C18H16N4O5. The van der Waals surface area contributed by atoms with Crippen LogP contribution in [0.5, 0.6) is 0 Å². The van der Waals surface area contributed by atoms with Crippen molar-refractivity contribution in [3.8, 4) is 0 Å². The van der Waals surface area contributed by atoms with Crippen LogP contribution in [0.1, 0.15) is 34.9 Å². The number of hydrogen-bond donors (Lipinski definition) is 2. The Labute approximate surface area is 153 Å². The number of benzene rings is 1. The fourth-order valence-corrected chi connectivity index (χ4v) is 2.42. The highest BCUT2D eigenvalue weighted by Crippen LogP contribution is 2.31. The van der Waals surface area contributed by atoms with Gasteiger partial charge in [0, 0.05) is 24.7 Å². The van der Waals surface area contributed by atoms with Crippen LogP contribution in [0.15, 0.2) is 41.1 Å². The van der Waals surface area contributed by atoms with Crippen LogP contribution in [0, 0.1) is 0 Å². The smallest absolute Gasteiger partial charge is 0.361 e. The first-order valence-electron chi connectivity index (χ1n) is 7.99. The van der Waals surface area contributed by atoms with Crippen molar-refractivity contribution < 1.29 is 23.5 Å². The zero-order valence-corrected chi connectivity index (χ0v) is 14.6. The number of ether oxygens (including phenoxy) is 1. The molecular weight excluding hydrogens is 352 g/mol. The number of nitrogens with zero attached hydrogens (tertiary/aromatic N) is 2. The number of aromatic nitrogens is 2. The molecule has 3 rings (SSSR count). The number of nitrogens with two attached hydrogens (primary N) is 1. The highest BCUT2D eigenvalue weighted by Gasteiger charge is 2.25. The summed E-state index contributed by atoms with van der Waals surface area (Å²) in [5.74, 6) is -1.96. The van der Waals surface area contributed by atoms with E-state index in [2.05, 4.69) is 15.3 Å². The number of Topliss-reactive ketones (excluding diaryl/α,β-unsaturated/α-hetero) is 1. The molecule has 9 nitrogen and oxygen atoms in total. The zero-order valence-electron chi connectivity index (χ0n) is 14.6. The van der Waals surface area contributed by atoms with Gasteiger partial charge in [0.2, 0.25) is 0 Å². The molecule has 0 fully saturated rings. The summed E-state index contributed by atoms with van der Waals surface area (Å²) in [6.07, 6.45) is 1.44. The number of carbonyl (C=O) groups excluding carboxylic acids is 3. The molecule has 0 saturated heterocycles. The Balaban J connectivity index is 1.80. The normalized spacial score (nSPS) is 11.8. The van der Waals surface area contributed by atoms with Gasteiger partial charge in [0.25, 0.3) is 5.91 Å². The van der Waals surface area contributed by atoms with Gasteiger partial charge >= 0.3 is 5.97 Å². The molecule has 3 N–H and O–H groups in total. The number of amides is 1. The predicted molar refractivity (Wildman–Crippen MR) is 96.2 cm³/mol. The second-order valence-corrected chi connectivity index (χ2v) is 5.69. The number of esters is 1. The summed E-state index contributed by atoms with van der Waals surface area (Å²) in [6.45, 7) is 2.71. The third-order valence-electron chi connectivity index (χ3n) is 3.74. The summed E-state index contributed by atoms with van der Waals surface area (Å²) >= 11 is 0. The fraction of sp³-hybridized carbons (Fsp3) is 0.167. The van der Waals surface area contributed by atoms with Gasteiger partial charge in [0.1, 0.15) is 5.58 Å². The van der Waals surface area contributed by atoms with Gasteiger partial charge < -0.3 is 20.2 Å². The summed E-state index contributed by atoms with van der Waals surface area (Å²) in [5.41, 5.74) is 6.07. The van der Waals surface area contributed by atoms with Gasteiger partial charge in [-0.1, -0.05) is 12.1 Å². The average molecular weight is 368 g/mol. The summed E-state index contributed by atoms with van der Waals surface area (Å²) in [4.78, 5) is 43.9. The monoisotopic (exact) mass is 368 g/mol. The molecule has 2 heterocycles. The number of fused-ring (bicyclic) bond motifs is 1. The Hall–Kier alpha value is -3.75. The van der Waals surface area contributed by atoms with Crippen molar-refractivity contribution in [3.63, 3.8) is 0 Å². The molecule has 9 heteroatoms. The molecule has 0 aliphatic rings. The van der Waals surface area contributed by atoms with E-state index in [-0.39, 0.29) is 28.7 Å². The molecule has 0 bridgehead atoms. The Kier molecular flexibility index (Phi) is 4.84. The molecule has 27 heavy (non-hydrogen) atoms. The SMILES string of the molecule is CC(=O)c1oc2ccccc2c1NC(=O)[C@H](C)OC(=O)c1nccnc1N. The van der Waals surface area contributed by atoms with Gasteiger partial charge in [0.05, 0.1) is 5.69 Å². The highest BCUT2D eigenvalue weighted by atomic mass is 16.5. The third-order valence-corrected chi connectivity index (χ3v) is 3.74. The number of carbonyl (C=O) groups is 3. The lowest BCUT2D eigenvalue weighted by Crippen LogP contribution is -2.31. The Morgan fingerprint density at radius 2 is 1.89 bits per heavy atom. The molecule has 2 aromatic heterocycles. The molecule has 0 aliphatic carbocycles. The van der Waals surface area contributed by atoms with Crippen LogP contribution >= 0.6 is 0 Å². The fourth-order valence-electron chi connectivity index (χ4n) is 2.42. The van der Waals surface area contributed by atoms with Crippen LogP contribution < -0.4 is 11.1 Å². The summed E-state index contributed by atoms with van der Waals surface area (Å²) in [6, 6.07) is 6.88. The summed E-state index contributed by atoms with van der Waals surface area (Å²) in [7, 11) is 0. The number of hydrogen-bond acceptors (Lipinski definition) is 8. The number of rotatable bonds is 5. The summed E-state index contributed by atoms with van der Waals surface area (Å²) < 4.78 is 10.6. The topological polar surface area (TPSA) is 137 Å². The van der Waals surface area contributed by atoms with E-state index in [0.717, 1.165) is 0 Å². The minimum absolute atomic E-state index is 0.0150. The van der Waals surface area contributed by atoms with Crippen LogP contribution in [-0.2, 0) is 9.53 Å². The van der Waals surface area contributed by atoms with Gasteiger partial charge in [0.15, 0.2) is 29.2 Å². The number of furan rings is 1. The van der Waals surface area contributed by atoms with Crippen LogP contribution in [0.2, 0.25) is 0 Å². The first-order chi connectivity index (χ1) is 12.9. The molecule has 138 valence electrons. The van der Waals surface area contributed by atoms with E-state index in [9.17, 15) is 14.4 Å². The maximum absolute atomic E-state index is 12.5. The molecule has 1 amide bonds. The lowest BCUT2D eigenvalue weighted by atomic mass is 10.2. The molecule has 0 spiro atoms. The first kappa shape index (κ1) is 18.1. The van der Waals surface area contributed by atoms with E-state index in [1.807, 2.05) is 0 Å². The maximum atomic E-state index is 12.5. The Morgan fingerprint density at radius 1 is 1.19 bits per heavy atom. The minimum atomic E-state index is -1.17. The first-order valence-corrected chi connectivity index (χ1v) is 7.99. The average Bonchev–Trinajstić information content (AvgIpc) is 3.01. The number of para-hydroxylation sites is 1. The van der Waals surface area contributed by atoms with Crippen molar-refractivity contribution in [1.82, 2.24) is 9.97 Å². The standard InChI is InChI=1S/C18H16N4O5/c1-9(23)15-13(11-5-3-4-6-12(11)27-15)22-17(24)10(2)26-18(25)14-16(19)21-8-7-20-14/h3-8,10H,1-2H3,(H2,19,21)(H,22,24)/t10-/m0/s1. The van der Waals surface area contributed by atoms with Crippen LogP contribution in [0.25, 0.3) is 11.0 Å². The quantitative estimate of drug-likeness (QED) is 0.516. The van der Waals surface area contributed by atoms with Crippen LogP contribution in [0.4, 0.5) is 11.5 Å². The van der Waals surface area contributed by atoms with Crippen molar-refractivity contribution in [1.29, 1.82) is 0 Å². The molecule has 1 aromatic carbocycles. The van der Waals surface area contributed by atoms with Crippen molar-refractivity contribution in [2.45, 2.75) is 20.0 Å². The zero-order chi connectivity index (χ0) is 19.6. The van der Waals surface area contributed by atoms with E-state index in [1.54, 1.807) is 24.3 Å². The molecule has 0 saturated carbocycles. The van der Waals surface area contributed by atoms with E-state index >= 15 is 0 Å². The second kappa shape index (κ2) is 7.24. The molecule has 3 aromatic rings. The Bertz CT molecular complexity index is 1040. The van der Waals surface area contributed by atoms with Gasteiger partial charge in [-0.15, -0.1) is 0 Å². The van der Waals surface area contributed by atoms with Gasteiger partial charge in [-0.25, -0.2) is 14.8 Å². The predicted octanol–water partition coefficient (Wildman–Crippen LogP) is 2.19. The maximum Gasteiger partial charge on any atom is 0.361 e. The minimum Gasteiger partial charge on any atom is -0.451 e. The van der Waals surface area contributed by atoms with E-state index < -0.39 is 18.0 Å². The second-order valence-electron chi connectivity index (χ2n) is 5.69. The van der Waals surface area contributed by atoms with Crippen molar-refractivity contribution in [2.75, 3.05) is 11.1 Å². The third kappa shape index (κ3) is 3.61. The number of anilines is 2. The molecule has 1 atom stereocenters. The highest BCUT2D eigenvalue weighted by molar-refractivity contribution is 6.11. The van der Waals surface area contributed by atoms with E-state index in [1.165, 1.54) is 26.2 Å². The molecule has 0 unspecified atom stereocenters. The summed E-state index contributed by atoms with van der Waals surface area (Å²) in [5, 5.41) is 3.15. The number of nitrogen functional groups attached to an aromatic ring is 1. The van der Waals surface area contributed by atoms with Gasteiger partial charge in [-0.2, -0.15) is 0 Å². The van der Waals surface area contributed by atoms with Crippen molar-refractivity contribution in [2.24, 2.45) is 0 Å². The van der Waals surface area contributed by atoms with E-state index in [0.29, 0.717) is 11.0 Å². The molecule has 0 aliphatic heterocycles. The number of ketones is 1. The van der Waals surface area contributed by atoms with Gasteiger partial charge in [-0.05, 0) is 19.1 Å². The van der Waals surface area contributed by atoms with Crippen molar-refractivity contribution in [3.05, 3.63) is 48.1 Å².